The van der Waals surface area contributed by atoms with Gasteiger partial charge in [-0.2, -0.15) is 0 Å². The van der Waals surface area contributed by atoms with E-state index in [1.54, 1.807) is 94.6 Å². The molecule has 78 heavy (non-hydrogen) atoms. The maximum atomic E-state index is 13.8. The van der Waals surface area contributed by atoms with Crippen LogP contribution in [-0.4, -0.2) is 164 Å². The van der Waals surface area contributed by atoms with Crippen molar-refractivity contribution in [2.24, 2.45) is 0 Å². The zero-order chi connectivity index (χ0) is 55.1. The smallest absolute Gasteiger partial charge is 0.225 e. The highest BCUT2D eigenvalue weighted by Crippen LogP contribution is 2.39. The molecule has 2 aliphatic rings. The molecule has 0 spiro atoms. The minimum atomic E-state index is -3.91. The van der Waals surface area contributed by atoms with Crippen LogP contribution in [0, 0.1) is 11.6 Å². The number of rotatable bonds is 16. The molecule has 0 bridgehead atoms. The highest BCUT2D eigenvalue weighted by Gasteiger charge is 2.39. The molecule has 2 fully saturated rings. The molecule has 408 valence electrons. The van der Waals surface area contributed by atoms with E-state index >= 15 is 0 Å². The van der Waals surface area contributed by atoms with E-state index in [-0.39, 0.29) is 62.6 Å². The van der Waals surface area contributed by atoms with Crippen LogP contribution < -0.4 is 28.7 Å². The van der Waals surface area contributed by atoms with Gasteiger partial charge in [-0.3, -0.25) is 19.1 Å². The van der Waals surface area contributed by atoms with Gasteiger partial charge >= 0.3 is 0 Å². The maximum absolute atomic E-state index is 13.8. The summed E-state index contributed by atoms with van der Waals surface area (Å²) in [5.41, 5.74) is 2.08. The molecule has 28 heteroatoms. The largest absolute Gasteiger partial charge is 0.494 e. The van der Waals surface area contributed by atoms with E-state index in [4.69, 9.17) is 18.9 Å². The van der Waals surface area contributed by atoms with Crippen molar-refractivity contribution in [2.75, 3.05) is 64.4 Å². The Morgan fingerprint density at radius 3 is 1.19 bits per heavy atom. The molecule has 4 atom stereocenters. The SMILES string of the molecule is COc1cccc(OC)c1-n1c(CS(=O)(=O)[C@@H]2C[C@H](O)CN(c3ncc(F)cn3)C2)nnc1-c1cccnc1.COc1cccc(OC)c1-n1c(CS(=O)(=O)[C@H]2C[C@@H](O)CN(c3ncc(F)cn3)C2)nnc1-c1cccnc1. The summed E-state index contributed by atoms with van der Waals surface area (Å²) in [6.07, 6.45) is 8.53. The first-order valence-corrected chi connectivity index (χ1v) is 27.4. The summed E-state index contributed by atoms with van der Waals surface area (Å²) in [5, 5.41) is 36.2. The van der Waals surface area contributed by atoms with Crippen LogP contribution in [0.5, 0.6) is 23.0 Å². The van der Waals surface area contributed by atoms with E-state index in [0.717, 1.165) is 24.8 Å². The molecule has 2 aromatic carbocycles. The van der Waals surface area contributed by atoms with Gasteiger partial charge in [0.25, 0.3) is 0 Å². The summed E-state index contributed by atoms with van der Waals surface area (Å²) in [6.45, 7) is 0.286. The Morgan fingerprint density at radius 1 is 0.513 bits per heavy atom. The fourth-order valence-electron chi connectivity index (χ4n) is 9.19. The quantitative estimate of drug-likeness (QED) is 0.140. The minimum Gasteiger partial charge on any atom is -0.494 e. The lowest BCUT2D eigenvalue weighted by Gasteiger charge is -2.35. The van der Waals surface area contributed by atoms with Crippen molar-refractivity contribution in [1.29, 1.82) is 0 Å². The summed E-state index contributed by atoms with van der Waals surface area (Å²) >= 11 is 0. The topological polar surface area (TPSA) is 291 Å². The van der Waals surface area contributed by atoms with Crippen molar-refractivity contribution in [1.82, 2.24) is 59.4 Å². The molecule has 24 nitrogen and oxygen atoms in total. The van der Waals surface area contributed by atoms with E-state index in [2.05, 4.69) is 50.3 Å². The Hall–Kier alpha value is -8.34. The maximum Gasteiger partial charge on any atom is 0.225 e. The number of aliphatic hydroxyl groups is 2. The summed E-state index contributed by atoms with van der Waals surface area (Å²) in [4.78, 5) is 27.1. The average Bonchev–Trinajstić information content (AvgIpc) is 4.08. The van der Waals surface area contributed by atoms with Crippen LogP contribution in [0.2, 0.25) is 0 Å². The van der Waals surface area contributed by atoms with Gasteiger partial charge in [0.05, 0.1) is 75.9 Å². The van der Waals surface area contributed by atoms with Gasteiger partial charge in [-0.1, -0.05) is 12.1 Å². The number of methoxy groups -OCH3 is 4. The number of piperidine rings is 2. The van der Waals surface area contributed by atoms with Gasteiger partial charge in [-0.05, 0) is 61.4 Å². The number of benzene rings is 2. The number of para-hydroxylation sites is 2. The van der Waals surface area contributed by atoms with Gasteiger partial charge in [0.2, 0.25) is 11.9 Å². The molecule has 2 N–H and O–H groups in total. The summed E-state index contributed by atoms with van der Waals surface area (Å²) in [5.74, 6) is 0.699. The van der Waals surface area contributed by atoms with Crippen LogP contribution in [0.4, 0.5) is 20.7 Å². The summed E-state index contributed by atoms with van der Waals surface area (Å²) in [7, 11) is -1.82. The molecular weight excluding hydrogens is 1060 g/mol. The zero-order valence-electron chi connectivity index (χ0n) is 42.4. The Balaban J connectivity index is 0.000000190. The van der Waals surface area contributed by atoms with Crippen LogP contribution in [0.25, 0.3) is 34.2 Å². The highest BCUT2D eigenvalue weighted by atomic mass is 32.2. The number of nitrogens with zero attached hydrogens (tertiary/aromatic N) is 14. The number of halogens is 2. The molecule has 0 saturated carbocycles. The van der Waals surface area contributed by atoms with E-state index in [0.29, 0.717) is 57.1 Å². The third-order valence-corrected chi connectivity index (χ3v) is 16.8. The lowest BCUT2D eigenvalue weighted by Crippen LogP contribution is -2.49. The van der Waals surface area contributed by atoms with Crippen LogP contribution in [0.15, 0.2) is 110 Å². The molecule has 0 amide bonds. The first kappa shape index (κ1) is 54.4. The molecule has 10 rings (SSSR count). The molecular formula is C50H52F2N14O10S2. The summed E-state index contributed by atoms with van der Waals surface area (Å²) in [6, 6.07) is 17.4. The fraction of sp³-hybridized carbons (Fsp3) is 0.320. The van der Waals surface area contributed by atoms with Crippen LogP contribution >= 0.6 is 0 Å². The molecule has 0 unspecified atom stereocenters. The molecule has 2 aliphatic heterocycles. The van der Waals surface area contributed by atoms with Crippen LogP contribution in [0.1, 0.15) is 24.5 Å². The predicted octanol–water partition coefficient (Wildman–Crippen LogP) is 3.66. The zero-order valence-corrected chi connectivity index (χ0v) is 44.0. The second-order valence-corrected chi connectivity index (χ2v) is 22.5. The van der Waals surface area contributed by atoms with E-state index in [9.17, 15) is 35.8 Å². The highest BCUT2D eigenvalue weighted by molar-refractivity contribution is 7.91. The Labute approximate surface area is 446 Å². The molecule has 0 aliphatic carbocycles. The van der Waals surface area contributed by atoms with E-state index in [1.165, 1.54) is 38.2 Å². The standard InChI is InChI=1S/2C25H26FN7O5S/c2*1-37-20-6-3-7-21(38-2)23(20)33-22(30-31-24(33)16-5-4-8-27-10-16)15-39(35,36)19-9-18(34)13-32(14-19)25-28-11-17(26)12-29-25/h2*3-8,10-12,18-19,34H,9,13-15H2,1-2H3/t2*18-,19+/m10/s1. The number of aromatic nitrogens is 12. The van der Waals surface area contributed by atoms with Crippen molar-refractivity contribution in [3.8, 4) is 57.1 Å². The fourth-order valence-corrected chi connectivity index (χ4v) is 12.6. The van der Waals surface area contributed by atoms with Gasteiger partial charge in [0.15, 0.2) is 54.6 Å². The van der Waals surface area contributed by atoms with Crippen molar-refractivity contribution in [2.45, 2.75) is 47.1 Å². The minimum absolute atomic E-state index is 0.0155. The Morgan fingerprint density at radius 2 is 0.872 bits per heavy atom. The van der Waals surface area contributed by atoms with Gasteiger partial charge < -0.3 is 39.0 Å². The van der Waals surface area contributed by atoms with E-state index in [1.807, 2.05) is 0 Å². The second kappa shape index (κ2) is 23.5. The van der Waals surface area contributed by atoms with Crippen LogP contribution in [0.3, 0.4) is 0 Å². The molecule has 6 aromatic heterocycles. The number of β-amino-alcohol motifs (C(OH)–C–C–N with tert-alkyl or cyclic N) is 2. The van der Waals surface area contributed by atoms with E-state index < -0.39 is 65.5 Å². The van der Waals surface area contributed by atoms with Crippen molar-refractivity contribution < 1.29 is 54.8 Å². The van der Waals surface area contributed by atoms with Gasteiger partial charge in [-0.15, -0.1) is 20.4 Å². The number of hydrogen-bond acceptors (Lipinski definition) is 22. The van der Waals surface area contributed by atoms with Gasteiger partial charge in [0.1, 0.15) is 45.9 Å². The molecule has 8 heterocycles. The van der Waals surface area contributed by atoms with Gasteiger partial charge in [0, 0.05) is 62.1 Å². The number of pyridine rings is 2. The lowest BCUT2D eigenvalue weighted by atomic mass is 10.1. The van der Waals surface area contributed by atoms with Gasteiger partial charge in [-0.25, -0.2) is 45.6 Å². The van der Waals surface area contributed by atoms with Crippen LogP contribution in [-0.2, 0) is 31.2 Å². The number of aliphatic hydroxyl groups excluding tert-OH is 2. The third-order valence-electron chi connectivity index (χ3n) is 12.8. The number of hydrogen-bond donors (Lipinski definition) is 2. The second-order valence-electron chi connectivity index (χ2n) is 17.9. The predicted molar refractivity (Wildman–Crippen MR) is 278 cm³/mol. The number of anilines is 2. The first-order chi connectivity index (χ1) is 37.6. The number of ether oxygens (including phenoxy) is 4. The average molecular weight is 1110 g/mol. The first-order valence-electron chi connectivity index (χ1n) is 24.0. The van der Waals surface area contributed by atoms with Crippen molar-refractivity contribution in [3.05, 3.63) is 134 Å². The lowest BCUT2D eigenvalue weighted by molar-refractivity contribution is 0.154. The monoisotopic (exact) mass is 1110 g/mol. The molecule has 8 aromatic rings. The Bertz CT molecular complexity index is 3290. The third kappa shape index (κ3) is 11.8. The number of sulfone groups is 2. The molecule has 2 saturated heterocycles. The summed E-state index contributed by atoms with van der Waals surface area (Å²) < 4.78 is 107. The van der Waals surface area contributed by atoms with Crippen molar-refractivity contribution in [3.63, 3.8) is 0 Å². The molecule has 0 radical (unpaired) electrons. The Kier molecular flexibility index (Phi) is 16.4. The van der Waals surface area contributed by atoms with Crippen molar-refractivity contribution >= 4 is 31.6 Å². The normalized spacial score (nSPS) is 17.7.